The van der Waals surface area contributed by atoms with Gasteiger partial charge in [-0.1, -0.05) is 13.8 Å². The van der Waals surface area contributed by atoms with Crippen LogP contribution in [0.25, 0.3) is 21.9 Å². The Morgan fingerprint density at radius 2 is 1.74 bits per heavy atom. The molecule has 0 aliphatic rings. The number of nitro benzene ring substituents is 1. The van der Waals surface area contributed by atoms with Crippen molar-refractivity contribution in [1.29, 1.82) is 0 Å². The first-order valence-corrected chi connectivity index (χ1v) is 9.44. The van der Waals surface area contributed by atoms with Gasteiger partial charge in [0.1, 0.15) is 17.2 Å². The third-order valence-corrected chi connectivity index (χ3v) is 5.60. The average molecular weight is 392 g/mol. The first kappa shape index (κ1) is 18.8. The standard InChI is InChI=1S/C17H16N2O7S/c1-9(2)16(17(20)21)18-27(24,25)11-4-6-13-12-5-3-10(19(22)23)7-14(12)26-15(13)8-11/h3-9,16,18H,1-2H3,(H,20,21)/t16-/m1/s1. The number of nitrogens with zero attached hydrogens (tertiary/aromatic N) is 1. The fourth-order valence-corrected chi connectivity index (χ4v) is 4.09. The monoisotopic (exact) mass is 392 g/mol. The Morgan fingerprint density at radius 3 is 2.30 bits per heavy atom. The van der Waals surface area contributed by atoms with E-state index in [1.54, 1.807) is 13.8 Å². The number of fused-ring (bicyclic) bond motifs is 3. The van der Waals surface area contributed by atoms with Crippen molar-refractivity contribution in [2.45, 2.75) is 24.8 Å². The highest BCUT2D eigenvalue weighted by atomic mass is 32.2. The number of aliphatic carboxylic acids is 1. The number of hydrogen-bond acceptors (Lipinski definition) is 6. The van der Waals surface area contributed by atoms with Crippen molar-refractivity contribution in [1.82, 2.24) is 4.72 Å². The van der Waals surface area contributed by atoms with E-state index in [0.717, 1.165) is 0 Å². The van der Waals surface area contributed by atoms with E-state index < -0.39 is 32.9 Å². The summed E-state index contributed by atoms with van der Waals surface area (Å²) in [6.45, 7) is 3.19. The summed E-state index contributed by atoms with van der Waals surface area (Å²) < 4.78 is 32.8. The highest BCUT2D eigenvalue weighted by molar-refractivity contribution is 7.89. The van der Waals surface area contributed by atoms with Crippen LogP contribution in [0.1, 0.15) is 13.8 Å². The van der Waals surface area contributed by atoms with Crippen molar-refractivity contribution in [2.24, 2.45) is 5.92 Å². The molecule has 27 heavy (non-hydrogen) atoms. The minimum absolute atomic E-state index is 0.141. The third-order valence-electron chi connectivity index (χ3n) is 4.16. The number of non-ortho nitro benzene ring substituents is 1. The van der Waals surface area contributed by atoms with Crippen LogP contribution in [0.4, 0.5) is 5.69 Å². The Hall–Kier alpha value is -2.98. The van der Waals surface area contributed by atoms with Gasteiger partial charge in [0, 0.05) is 22.9 Å². The minimum atomic E-state index is -4.10. The van der Waals surface area contributed by atoms with Crippen LogP contribution in [0.3, 0.4) is 0 Å². The van der Waals surface area contributed by atoms with Gasteiger partial charge in [0.2, 0.25) is 10.0 Å². The lowest BCUT2D eigenvalue weighted by atomic mass is 10.1. The second-order valence-electron chi connectivity index (χ2n) is 6.38. The molecule has 1 atom stereocenters. The fraction of sp³-hybridized carbons (Fsp3) is 0.235. The Kier molecular flexibility index (Phi) is 4.62. The molecule has 0 spiro atoms. The summed E-state index contributed by atoms with van der Waals surface area (Å²) >= 11 is 0. The predicted molar refractivity (Wildman–Crippen MR) is 97.0 cm³/mol. The molecule has 1 aromatic heterocycles. The smallest absolute Gasteiger partial charge is 0.322 e. The Bertz CT molecular complexity index is 1160. The summed E-state index contributed by atoms with van der Waals surface area (Å²) in [6.07, 6.45) is 0. The molecule has 0 saturated heterocycles. The SMILES string of the molecule is CC(C)[C@@H](NS(=O)(=O)c1ccc2c(c1)oc1cc([N+](=O)[O-])ccc12)C(=O)O. The van der Waals surface area contributed by atoms with Gasteiger partial charge >= 0.3 is 5.97 Å². The van der Waals surface area contributed by atoms with Crippen LogP contribution in [0.2, 0.25) is 0 Å². The van der Waals surface area contributed by atoms with Crippen molar-refractivity contribution in [3.8, 4) is 0 Å². The molecular formula is C17H16N2O7S. The highest BCUT2D eigenvalue weighted by Gasteiger charge is 2.28. The molecule has 0 unspecified atom stereocenters. The van der Waals surface area contributed by atoms with Crippen LogP contribution in [0, 0.1) is 16.0 Å². The molecule has 10 heteroatoms. The van der Waals surface area contributed by atoms with E-state index in [1.165, 1.54) is 36.4 Å². The van der Waals surface area contributed by atoms with E-state index in [1.807, 2.05) is 0 Å². The first-order chi connectivity index (χ1) is 12.6. The molecule has 0 radical (unpaired) electrons. The number of carboxylic acids is 1. The summed E-state index contributed by atoms with van der Waals surface area (Å²) in [7, 11) is -4.10. The lowest BCUT2D eigenvalue weighted by Crippen LogP contribution is -2.44. The van der Waals surface area contributed by atoms with Crippen LogP contribution < -0.4 is 4.72 Å². The van der Waals surface area contributed by atoms with Gasteiger partial charge in [0.25, 0.3) is 5.69 Å². The van der Waals surface area contributed by atoms with Gasteiger partial charge in [-0.25, -0.2) is 8.42 Å². The zero-order chi connectivity index (χ0) is 19.9. The van der Waals surface area contributed by atoms with Gasteiger partial charge in [-0.05, 0) is 24.1 Å². The van der Waals surface area contributed by atoms with Crippen LogP contribution in [-0.4, -0.2) is 30.5 Å². The van der Waals surface area contributed by atoms with Gasteiger partial charge in [-0.3, -0.25) is 14.9 Å². The number of hydrogen-bond donors (Lipinski definition) is 2. The number of sulfonamides is 1. The van der Waals surface area contributed by atoms with Gasteiger partial charge in [0.15, 0.2) is 0 Å². The molecule has 0 amide bonds. The van der Waals surface area contributed by atoms with Crippen LogP contribution in [0.15, 0.2) is 45.7 Å². The number of nitrogens with one attached hydrogen (secondary N) is 1. The Labute approximate surface area is 153 Å². The maximum Gasteiger partial charge on any atom is 0.322 e. The van der Waals surface area contributed by atoms with E-state index in [2.05, 4.69) is 4.72 Å². The molecule has 3 rings (SSSR count). The molecule has 1 heterocycles. The molecule has 0 aliphatic carbocycles. The minimum Gasteiger partial charge on any atom is -0.480 e. The largest absolute Gasteiger partial charge is 0.480 e. The second-order valence-corrected chi connectivity index (χ2v) is 8.09. The average Bonchev–Trinajstić information content (AvgIpc) is 2.95. The van der Waals surface area contributed by atoms with E-state index in [0.29, 0.717) is 10.8 Å². The lowest BCUT2D eigenvalue weighted by Gasteiger charge is -2.17. The molecule has 0 bridgehead atoms. The molecule has 0 saturated carbocycles. The zero-order valence-corrected chi connectivity index (χ0v) is 15.2. The van der Waals surface area contributed by atoms with Gasteiger partial charge in [-0.2, -0.15) is 4.72 Å². The van der Waals surface area contributed by atoms with Crippen molar-refractivity contribution in [2.75, 3.05) is 0 Å². The number of carboxylic acid groups (broad SMARTS) is 1. The maximum atomic E-state index is 12.5. The fourth-order valence-electron chi connectivity index (χ4n) is 2.73. The summed E-state index contributed by atoms with van der Waals surface area (Å²) in [6, 6.07) is 6.98. The number of furan rings is 1. The van der Waals surface area contributed by atoms with E-state index >= 15 is 0 Å². The lowest BCUT2D eigenvalue weighted by molar-refractivity contribution is -0.384. The summed E-state index contributed by atoms with van der Waals surface area (Å²) in [5.41, 5.74) is 0.342. The molecular weight excluding hydrogens is 376 g/mol. The van der Waals surface area contributed by atoms with E-state index in [4.69, 9.17) is 4.42 Å². The van der Waals surface area contributed by atoms with Gasteiger partial charge in [-0.15, -0.1) is 0 Å². The number of nitro groups is 1. The normalized spacial score (nSPS) is 13.3. The maximum absolute atomic E-state index is 12.5. The molecule has 3 aromatic rings. The second kappa shape index (κ2) is 6.63. The Balaban J connectivity index is 2.06. The number of carbonyl (C=O) groups is 1. The van der Waals surface area contributed by atoms with Crippen LogP contribution >= 0.6 is 0 Å². The quantitative estimate of drug-likeness (QED) is 0.485. The number of benzene rings is 2. The van der Waals surface area contributed by atoms with Crippen LogP contribution in [-0.2, 0) is 14.8 Å². The van der Waals surface area contributed by atoms with E-state index in [-0.39, 0.29) is 21.7 Å². The molecule has 2 N–H and O–H groups in total. The molecule has 2 aromatic carbocycles. The zero-order valence-electron chi connectivity index (χ0n) is 14.4. The molecule has 142 valence electrons. The predicted octanol–water partition coefficient (Wildman–Crippen LogP) is 2.88. The summed E-state index contributed by atoms with van der Waals surface area (Å²) in [5, 5.41) is 21.3. The Morgan fingerprint density at radius 1 is 1.15 bits per heavy atom. The first-order valence-electron chi connectivity index (χ1n) is 7.96. The number of rotatable bonds is 6. The summed E-state index contributed by atoms with van der Waals surface area (Å²) in [4.78, 5) is 21.4. The van der Waals surface area contributed by atoms with Crippen LogP contribution in [0.5, 0.6) is 0 Å². The molecule has 9 nitrogen and oxygen atoms in total. The highest BCUT2D eigenvalue weighted by Crippen LogP contribution is 2.32. The summed E-state index contributed by atoms with van der Waals surface area (Å²) in [5.74, 6) is -1.72. The van der Waals surface area contributed by atoms with Crippen molar-refractivity contribution < 1.29 is 27.7 Å². The van der Waals surface area contributed by atoms with Crippen molar-refractivity contribution >= 4 is 43.6 Å². The molecule has 0 aliphatic heterocycles. The third kappa shape index (κ3) is 3.49. The van der Waals surface area contributed by atoms with Crippen molar-refractivity contribution in [3.05, 3.63) is 46.5 Å². The van der Waals surface area contributed by atoms with E-state index in [9.17, 15) is 28.4 Å². The van der Waals surface area contributed by atoms with Crippen molar-refractivity contribution in [3.63, 3.8) is 0 Å². The van der Waals surface area contributed by atoms with Gasteiger partial charge < -0.3 is 9.52 Å². The van der Waals surface area contributed by atoms with Gasteiger partial charge in [0.05, 0.1) is 15.9 Å². The molecule has 0 fully saturated rings. The topological polar surface area (TPSA) is 140 Å².